The van der Waals surface area contributed by atoms with E-state index >= 15 is 0 Å². The van der Waals surface area contributed by atoms with Crippen LogP contribution in [0, 0.1) is 11.3 Å². The van der Waals surface area contributed by atoms with Gasteiger partial charge in [0.2, 0.25) is 10.0 Å². The number of hydrogen-bond donors (Lipinski definition) is 1. The largest absolute Gasteiger partial charge is 0.313 e. The summed E-state index contributed by atoms with van der Waals surface area (Å²) < 4.78 is 27.2. The monoisotopic (exact) mass is 306 g/mol. The Morgan fingerprint density at radius 1 is 1.38 bits per heavy atom. The standard InChI is InChI=1S/C14H18N4O2S/c15-8-11-3-6-14(9-17-11)21(19,20)18(13-4-5-13)10-12-2-1-7-16-12/h3,6,9,12-13,16H,1-2,4-5,7,10H2. The van der Waals surface area contributed by atoms with E-state index in [9.17, 15) is 8.42 Å². The van der Waals surface area contributed by atoms with Crippen LogP contribution in [-0.4, -0.2) is 42.9 Å². The number of nitrogens with one attached hydrogen (secondary N) is 1. The second kappa shape index (κ2) is 5.72. The van der Waals surface area contributed by atoms with E-state index in [0.29, 0.717) is 6.54 Å². The molecule has 1 saturated carbocycles. The topological polar surface area (TPSA) is 86.1 Å². The number of sulfonamides is 1. The lowest BCUT2D eigenvalue weighted by atomic mass is 10.2. The quantitative estimate of drug-likeness (QED) is 0.872. The van der Waals surface area contributed by atoms with Crippen LogP contribution in [0.3, 0.4) is 0 Å². The number of nitriles is 1. The van der Waals surface area contributed by atoms with Gasteiger partial charge in [0, 0.05) is 24.8 Å². The lowest BCUT2D eigenvalue weighted by Crippen LogP contribution is -2.42. The van der Waals surface area contributed by atoms with E-state index < -0.39 is 10.0 Å². The zero-order valence-electron chi connectivity index (χ0n) is 11.7. The van der Waals surface area contributed by atoms with Crippen molar-refractivity contribution in [1.82, 2.24) is 14.6 Å². The van der Waals surface area contributed by atoms with Gasteiger partial charge in [-0.2, -0.15) is 9.57 Å². The highest BCUT2D eigenvalue weighted by Crippen LogP contribution is 2.32. The van der Waals surface area contributed by atoms with E-state index in [1.54, 1.807) is 4.31 Å². The molecule has 0 amide bonds. The predicted molar refractivity (Wildman–Crippen MR) is 76.9 cm³/mol. The normalized spacial score (nSPS) is 22.4. The Balaban J connectivity index is 1.83. The van der Waals surface area contributed by atoms with Gasteiger partial charge < -0.3 is 5.32 Å². The molecular formula is C14H18N4O2S. The molecule has 1 aromatic rings. The maximum atomic E-state index is 12.8. The first kappa shape index (κ1) is 14.4. The first-order chi connectivity index (χ1) is 10.1. The number of pyridine rings is 1. The first-order valence-corrected chi connectivity index (χ1v) is 8.66. The van der Waals surface area contributed by atoms with E-state index in [0.717, 1.165) is 32.2 Å². The third-order valence-corrected chi connectivity index (χ3v) is 5.88. The SMILES string of the molecule is N#Cc1ccc(S(=O)(=O)N(CC2CCCN2)C2CC2)cn1. The molecule has 1 N–H and O–H groups in total. The summed E-state index contributed by atoms with van der Waals surface area (Å²) in [5.41, 5.74) is 0.226. The summed E-state index contributed by atoms with van der Waals surface area (Å²) in [5.74, 6) is 0. The number of nitrogens with zero attached hydrogens (tertiary/aromatic N) is 3. The van der Waals surface area contributed by atoms with Crippen LogP contribution in [0.1, 0.15) is 31.4 Å². The number of rotatable bonds is 5. The van der Waals surface area contributed by atoms with Crippen molar-refractivity contribution < 1.29 is 8.42 Å². The van der Waals surface area contributed by atoms with Gasteiger partial charge in [-0.1, -0.05) is 0 Å². The maximum Gasteiger partial charge on any atom is 0.244 e. The third kappa shape index (κ3) is 3.07. The Morgan fingerprint density at radius 2 is 2.19 bits per heavy atom. The molecule has 6 nitrogen and oxygen atoms in total. The summed E-state index contributed by atoms with van der Waals surface area (Å²) in [7, 11) is -3.53. The minimum atomic E-state index is -3.53. The number of hydrogen-bond acceptors (Lipinski definition) is 5. The lowest BCUT2D eigenvalue weighted by Gasteiger charge is -2.25. The van der Waals surface area contributed by atoms with Gasteiger partial charge in [-0.25, -0.2) is 13.4 Å². The van der Waals surface area contributed by atoms with Crippen molar-refractivity contribution in [1.29, 1.82) is 5.26 Å². The van der Waals surface area contributed by atoms with Crippen molar-refractivity contribution in [2.75, 3.05) is 13.1 Å². The average Bonchev–Trinajstić information content (AvgIpc) is 3.20. The van der Waals surface area contributed by atoms with Crippen LogP contribution in [0.2, 0.25) is 0 Å². The van der Waals surface area contributed by atoms with E-state index in [1.807, 2.05) is 6.07 Å². The van der Waals surface area contributed by atoms with Gasteiger partial charge in [-0.3, -0.25) is 0 Å². The van der Waals surface area contributed by atoms with Gasteiger partial charge in [0.15, 0.2) is 0 Å². The Labute approximate surface area is 124 Å². The smallest absolute Gasteiger partial charge is 0.244 e. The van der Waals surface area contributed by atoms with Gasteiger partial charge in [0.05, 0.1) is 0 Å². The summed E-state index contributed by atoms with van der Waals surface area (Å²) in [6.07, 6.45) is 5.25. The molecule has 112 valence electrons. The fourth-order valence-electron chi connectivity index (χ4n) is 2.67. The van der Waals surface area contributed by atoms with Gasteiger partial charge in [-0.05, 0) is 44.4 Å². The molecule has 0 aromatic carbocycles. The molecule has 0 radical (unpaired) electrons. The molecule has 7 heteroatoms. The van der Waals surface area contributed by atoms with Crippen molar-refractivity contribution in [3.63, 3.8) is 0 Å². The molecule has 21 heavy (non-hydrogen) atoms. The number of aromatic nitrogens is 1. The zero-order chi connectivity index (χ0) is 14.9. The molecule has 1 aliphatic heterocycles. The summed E-state index contributed by atoms with van der Waals surface area (Å²) in [6, 6.07) is 5.18. The first-order valence-electron chi connectivity index (χ1n) is 7.22. The molecular weight excluding hydrogens is 288 g/mol. The fraction of sp³-hybridized carbons (Fsp3) is 0.571. The van der Waals surface area contributed by atoms with Crippen LogP contribution in [0.4, 0.5) is 0 Å². The molecule has 1 saturated heterocycles. The molecule has 2 aliphatic rings. The van der Waals surface area contributed by atoms with Crippen LogP contribution in [0.5, 0.6) is 0 Å². The maximum absolute atomic E-state index is 12.8. The average molecular weight is 306 g/mol. The van der Waals surface area contributed by atoms with E-state index in [2.05, 4.69) is 10.3 Å². The summed E-state index contributed by atoms with van der Waals surface area (Å²) in [4.78, 5) is 4.05. The van der Waals surface area contributed by atoms with Crippen LogP contribution >= 0.6 is 0 Å². The van der Waals surface area contributed by atoms with Gasteiger partial charge >= 0.3 is 0 Å². The molecule has 0 spiro atoms. The Bertz CT molecular complexity index is 641. The molecule has 0 bridgehead atoms. The van der Waals surface area contributed by atoms with Crippen LogP contribution < -0.4 is 5.32 Å². The summed E-state index contributed by atoms with van der Waals surface area (Å²) in [6.45, 7) is 1.48. The van der Waals surface area contributed by atoms with Crippen molar-refractivity contribution in [2.24, 2.45) is 0 Å². The molecule has 2 fully saturated rings. The molecule has 1 unspecified atom stereocenters. The van der Waals surface area contributed by atoms with E-state index in [4.69, 9.17) is 5.26 Å². The molecule has 1 atom stereocenters. The Morgan fingerprint density at radius 3 is 2.71 bits per heavy atom. The molecule has 1 aliphatic carbocycles. The van der Waals surface area contributed by atoms with E-state index in [1.165, 1.54) is 18.3 Å². The van der Waals surface area contributed by atoms with Crippen LogP contribution in [0.15, 0.2) is 23.2 Å². The van der Waals surface area contributed by atoms with Gasteiger partial charge in [0.25, 0.3) is 0 Å². The molecule has 3 rings (SSSR count). The van der Waals surface area contributed by atoms with E-state index in [-0.39, 0.29) is 22.7 Å². The minimum absolute atomic E-state index is 0.119. The highest BCUT2D eigenvalue weighted by molar-refractivity contribution is 7.89. The zero-order valence-corrected chi connectivity index (χ0v) is 12.5. The summed E-state index contributed by atoms with van der Waals surface area (Å²) >= 11 is 0. The van der Waals surface area contributed by atoms with Gasteiger partial charge in [0.1, 0.15) is 16.7 Å². The lowest BCUT2D eigenvalue weighted by molar-refractivity contribution is 0.362. The highest BCUT2D eigenvalue weighted by Gasteiger charge is 2.39. The van der Waals surface area contributed by atoms with Crippen molar-refractivity contribution in [3.8, 4) is 6.07 Å². The third-order valence-electron chi connectivity index (χ3n) is 3.97. The van der Waals surface area contributed by atoms with Crippen molar-refractivity contribution in [2.45, 2.75) is 42.7 Å². The highest BCUT2D eigenvalue weighted by atomic mass is 32.2. The summed E-state index contributed by atoms with van der Waals surface area (Å²) in [5, 5.41) is 12.1. The Hall–Kier alpha value is -1.49. The minimum Gasteiger partial charge on any atom is -0.313 e. The van der Waals surface area contributed by atoms with Gasteiger partial charge in [-0.15, -0.1) is 0 Å². The van der Waals surface area contributed by atoms with Crippen LogP contribution in [-0.2, 0) is 10.0 Å². The Kier molecular flexibility index (Phi) is 3.93. The van der Waals surface area contributed by atoms with Crippen molar-refractivity contribution in [3.05, 3.63) is 24.0 Å². The van der Waals surface area contributed by atoms with Crippen molar-refractivity contribution >= 4 is 10.0 Å². The predicted octanol–water partition coefficient (Wildman–Crippen LogP) is 0.858. The fourth-order valence-corrected chi connectivity index (χ4v) is 4.35. The second-order valence-electron chi connectivity index (χ2n) is 5.59. The van der Waals surface area contributed by atoms with Crippen LogP contribution in [0.25, 0.3) is 0 Å². The molecule has 1 aromatic heterocycles. The second-order valence-corrected chi connectivity index (χ2v) is 7.48. The molecule has 2 heterocycles.